The topological polar surface area (TPSA) is 49.9 Å². The molecule has 98 valence electrons. The van der Waals surface area contributed by atoms with Crippen LogP contribution in [0.3, 0.4) is 0 Å². The minimum atomic E-state index is 0.121. The van der Waals surface area contributed by atoms with E-state index in [0.29, 0.717) is 0 Å². The van der Waals surface area contributed by atoms with Gasteiger partial charge in [-0.1, -0.05) is 41.1 Å². The van der Waals surface area contributed by atoms with Crippen LogP contribution in [-0.4, -0.2) is 5.84 Å². The van der Waals surface area contributed by atoms with E-state index in [-0.39, 0.29) is 5.84 Å². The Balaban J connectivity index is 2.40. The van der Waals surface area contributed by atoms with E-state index in [4.69, 9.17) is 11.1 Å². The molecule has 19 heavy (non-hydrogen) atoms. The van der Waals surface area contributed by atoms with Crippen molar-refractivity contribution in [1.82, 2.24) is 0 Å². The Hall–Kier alpha value is -1.74. The summed E-state index contributed by atoms with van der Waals surface area (Å²) in [4.78, 5) is 2.24. The predicted octanol–water partition coefficient (Wildman–Crippen LogP) is 4.05. The summed E-state index contributed by atoms with van der Waals surface area (Å²) in [6.45, 7) is 6.21. The van der Waals surface area contributed by atoms with Crippen LogP contribution < -0.4 is 5.73 Å². The highest BCUT2D eigenvalue weighted by molar-refractivity contribution is 7.99. The SMILES string of the molecule is Cc1ccc(Sc2ccc(C)cc2C(=N)N)c(C)c1. The lowest BCUT2D eigenvalue weighted by Gasteiger charge is -2.11. The summed E-state index contributed by atoms with van der Waals surface area (Å²) in [5.74, 6) is 0.121. The Morgan fingerprint density at radius 3 is 2.11 bits per heavy atom. The average molecular weight is 270 g/mol. The maximum Gasteiger partial charge on any atom is 0.123 e. The summed E-state index contributed by atoms with van der Waals surface area (Å²) in [5, 5.41) is 7.69. The number of hydrogen-bond donors (Lipinski definition) is 2. The molecule has 0 amide bonds. The third-order valence-corrected chi connectivity index (χ3v) is 4.23. The number of benzene rings is 2. The molecular formula is C16H18N2S. The van der Waals surface area contributed by atoms with Crippen LogP contribution in [0.2, 0.25) is 0 Å². The molecule has 0 aliphatic heterocycles. The van der Waals surface area contributed by atoms with Gasteiger partial charge in [-0.05, 0) is 44.5 Å². The van der Waals surface area contributed by atoms with Crippen molar-refractivity contribution >= 4 is 17.6 Å². The standard InChI is InChI=1S/C16H18N2S/c1-10-4-6-14(12(3)8-10)19-15-7-5-11(2)9-13(15)16(17)18/h4-9H,1-3H3,(H3,17,18). The zero-order valence-corrected chi connectivity index (χ0v) is 12.3. The van der Waals surface area contributed by atoms with Crippen molar-refractivity contribution in [2.24, 2.45) is 5.73 Å². The van der Waals surface area contributed by atoms with Crippen LogP contribution in [-0.2, 0) is 0 Å². The molecule has 2 aromatic rings. The smallest absolute Gasteiger partial charge is 0.123 e. The minimum absolute atomic E-state index is 0.121. The van der Waals surface area contributed by atoms with Gasteiger partial charge in [-0.2, -0.15) is 0 Å². The Morgan fingerprint density at radius 1 is 0.947 bits per heavy atom. The molecule has 0 radical (unpaired) electrons. The molecule has 0 unspecified atom stereocenters. The lowest BCUT2D eigenvalue weighted by Crippen LogP contribution is -2.12. The minimum Gasteiger partial charge on any atom is -0.384 e. The van der Waals surface area contributed by atoms with E-state index in [9.17, 15) is 0 Å². The van der Waals surface area contributed by atoms with Crippen LogP contribution in [0.15, 0.2) is 46.2 Å². The van der Waals surface area contributed by atoms with Crippen molar-refractivity contribution < 1.29 is 0 Å². The van der Waals surface area contributed by atoms with Gasteiger partial charge in [0.2, 0.25) is 0 Å². The highest BCUT2D eigenvalue weighted by Gasteiger charge is 2.09. The highest BCUT2D eigenvalue weighted by atomic mass is 32.2. The monoisotopic (exact) mass is 270 g/mol. The zero-order valence-electron chi connectivity index (χ0n) is 11.4. The summed E-state index contributed by atoms with van der Waals surface area (Å²) < 4.78 is 0. The normalized spacial score (nSPS) is 10.5. The van der Waals surface area contributed by atoms with Gasteiger partial charge in [0.15, 0.2) is 0 Å². The summed E-state index contributed by atoms with van der Waals surface area (Å²) >= 11 is 1.67. The third-order valence-electron chi connectivity index (χ3n) is 2.98. The second kappa shape index (κ2) is 5.49. The molecule has 0 aromatic heterocycles. The number of aryl methyl sites for hydroxylation is 3. The molecule has 0 aliphatic carbocycles. The molecule has 0 saturated carbocycles. The molecular weight excluding hydrogens is 252 g/mol. The first-order valence-electron chi connectivity index (χ1n) is 6.17. The molecule has 3 heteroatoms. The second-order valence-electron chi connectivity index (χ2n) is 4.78. The largest absolute Gasteiger partial charge is 0.384 e. The first-order chi connectivity index (χ1) is 8.97. The van der Waals surface area contributed by atoms with Crippen LogP contribution >= 0.6 is 11.8 Å². The fourth-order valence-electron chi connectivity index (χ4n) is 1.98. The first kappa shape index (κ1) is 13.7. The molecule has 0 spiro atoms. The van der Waals surface area contributed by atoms with Crippen LogP contribution in [0, 0.1) is 26.2 Å². The molecule has 2 rings (SSSR count). The quantitative estimate of drug-likeness (QED) is 0.653. The Bertz CT molecular complexity index is 633. The van der Waals surface area contributed by atoms with Gasteiger partial charge in [-0.25, -0.2) is 0 Å². The lowest BCUT2D eigenvalue weighted by molar-refractivity contribution is 1.25. The van der Waals surface area contributed by atoms with E-state index < -0.39 is 0 Å². The summed E-state index contributed by atoms with van der Waals surface area (Å²) in [6, 6.07) is 12.5. The van der Waals surface area contributed by atoms with Crippen molar-refractivity contribution in [2.75, 3.05) is 0 Å². The van der Waals surface area contributed by atoms with Crippen molar-refractivity contribution in [2.45, 2.75) is 30.6 Å². The lowest BCUT2D eigenvalue weighted by atomic mass is 10.1. The van der Waals surface area contributed by atoms with E-state index in [1.807, 2.05) is 19.1 Å². The van der Waals surface area contributed by atoms with Crippen molar-refractivity contribution in [3.05, 3.63) is 58.7 Å². The van der Waals surface area contributed by atoms with Gasteiger partial charge in [0.25, 0.3) is 0 Å². The highest BCUT2D eigenvalue weighted by Crippen LogP contribution is 2.33. The fraction of sp³-hybridized carbons (Fsp3) is 0.188. The predicted molar refractivity (Wildman–Crippen MR) is 82.2 cm³/mol. The van der Waals surface area contributed by atoms with Gasteiger partial charge < -0.3 is 5.73 Å². The van der Waals surface area contributed by atoms with Gasteiger partial charge >= 0.3 is 0 Å². The van der Waals surface area contributed by atoms with E-state index in [1.54, 1.807) is 11.8 Å². The molecule has 0 saturated heterocycles. The number of hydrogen-bond acceptors (Lipinski definition) is 2. The molecule has 0 atom stereocenters. The summed E-state index contributed by atoms with van der Waals surface area (Å²) in [7, 11) is 0. The van der Waals surface area contributed by atoms with E-state index >= 15 is 0 Å². The van der Waals surface area contributed by atoms with Gasteiger partial charge in [-0.3, -0.25) is 5.41 Å². The number of rotatable bonds is 3. The summed E-state index contributed by atoms with van der Waals surface area (Å²) in [6.07, 6.45) is 0. The molecule has 3 N–H and O–H groups in total. The maximum atomic E-state index is 7.69. The Kier molecular flexibility index (Phi) is 3.96. The molecule has 0 heterocycles. The van der Waals surface area contributed by atoms with Crippen molar-refractivity contribution in [3.63, 3.8) is 0 Å². The van der Waals surface area contributed by atoms with Crippen molar-refractivity contribution in [3.8, 4) is 0 Å². The molecule has 0 aliphatic rings. The van der Waals surface area contributed by atoms with Crippen LogP contribution in [0.5, 0.6) is 0 Å². The Labute approximate surface area is 118 Å². The maximum absolute atomic E-state index is 7.69. The van der Waals surface area contributed by atoms with Gasteiger partial charge in [0.1, 0.15) is 5.84 Å². The molecule has 2 aromatic carbocycles. The third kappa shape index (κ3) is 3.18. The molecule has 2 nitrogen and oxygen atoms in total. The van der Waals surface area contributed by atoms with E-state index in [0.717, 1.165) is 16.0 Å². The number of nitrogen functional groups attached to an aromatic ring is 1. The van der Waals surface area contributed by atoms with E-state index in [1.165, 1.54) is 16.0 Å². The molecule has 0 fully saturated rings. The van der Waals surface area contributed by atoms with E-state index in [2.05, 4.69) is 38.1 Å². The fourth-order valence-corrected chi connectivity index (χ4v) is 2.98. The average Bonchev–Trinajstić information content (AvgIpc) is 2.34. The first-order valence-corrected chi connectivity index (χ1v) is 6.99. The zero-order chi connectivity index (χ0) is 14.0. The van der Waals surface area contributed by atoms with Gasteiger partial charge in [0, 0.05) is 15.4 Å². The van der Waals surface area contributed by atoms with Gasteiger partial charge in [0.05, 0.1) is 0 Å². The molecule has 0 bridgehead atoms. The van der Waals surface area contributed by atoms with Crippen LogP contribution in [0.1, 0.15) is 22.3 Å². The van der Waals surface area contributed by atoms with Crippen LogP contribution in [0.25, 0.3) is 0 Å². The Morgan fingerprint density at radius 2 is 1.53 bits per heavy atom. The number of nitrogens with one attached hydrogen (secondary N) is 1. The number of nitrogens with two attached hydrogens (primary N) is 1. The van der Waals surface area contributed by atoms with Gasteiger partial charge in [-0.15, -0.1) is 0 Å². The van der Waals surface area contributed by atoms with Crippen molar-refractivity contribution in [1.29, 1.82) is 5.41 Å². The summed E-state index contributed by atoms with van der Waals surface area (Å²) in [5.41, 5.74) is 10.1. The van der Waals surface area contributed by atoms with Crippen LogP contribution in [0.4, 0.5) is 0 Å². The second-order valence-corrected chi connectivity index (χ2v) is 5.87. The number of amidine groups is 1.